The molecule has 0 spiro atoms. The van der Waals surface area contributed by atoms with Crippen LogP contribution in [0.5, 0.6) is 0 Å². The van der Waals surface area contributed by atoms with E-state index in [4.69, 9.17) is 22.4 Å². The molecule has 0 amide bonds. The molecular weight excluding hydrogens is 188 g/mol. The molecule has 0 saturated heterocycles. The summed E-state index contributed by atoms with van der Waals surface area (Å²) in [5.74, 6) is -0.914. The van der Waals surface area contributed by atoms with Crippen LogP contribution >= 0.6 is 12.2 Å². The zero-order valence-electron chi connectivity index (χ0n) is 7.78. The Morgan fingerprint density at radius 3 is 2.54 bits per heavy atom. The maximum atomic E-state index is 10.4. The lowest BCUT2D eigenvalue weighted by molar-refractivity contribution is -0.132. The number of hydrogen-bond acceptors (Lipinski definition) is 3. The van der Waals surface area contributed by atoms with Crippen LogP contribution in [0, 0.1) is 0 Å². The molecule has 1 atom stereocenters. The highest BCUT2D eigenvalue weighted by molar-refractivity contribution is 7.80. The largest absolute Gasteiger partial charge is 0.478 e. The molecule has 3 nitrogen and oxygen atoms in total. The van der Waals surface area contributed by atoms with Gasteiger partial charge in [-0.25, -0.2) is 4.79 Å². The minimum Gasteiger partial charge on any atom is -0.478 e. The number of aliphatic hydroxyl groups excluding tert-OH is 1. The van der Waals surface area contributed by atoms with Crippen LogP contribution < -0.4 is 0 Å². The number of thiocarbonyl (C=S) groups is 1. The number of aliphatic carboxylic acids is 1. The van der Waals surface area contributed by atoms with E-state index >= 15 is 0 Å². The van der Waals surface area contributed by atoms with Crippen LogP contribution in [0.1, 0.15) is 26.7 Å². The Bertz CT molecular complexity index is 231. The summed E-state index contributed by atoms with van der Waals surface area (Å²) in [4.78, 5) is 10.9. The molecule has 0 saturated carbocycles. The fourth-order valence-corrected chi connectivity index (χ4v) is 0.845. The zero-order chi connectivity index (χ0) is 10.4. The van der Waals surface area contributed by atoms with E-state index in [1.807, 2.05) is 0 Å². The zero-order valence-corrected chi connectivity index (χ0v) is 8.60. The second kappa shape index (κ2) is 5.83. The fraction of sp³-hybridized carbons (Fsp3) is 0.556. The third-order valence-corrected chi connectivity index (χ3v) is 2.19. The second-order valence-corrected chi connectivity index (χ2v) is 3.40. The summed E-state index contributed by atoms with van der Waals surface area (Å²) in [5, 5.41) is 17.5. The third kappa shape index (κ3) is 5.49. The molecule has 2 N–H and O–H groups in total. The first-order chi connectivity index (χ1) is 5.95. The molecule has 74 valence electrons. The summed E-state index contributed by atoms with van der Waals surface area (Å²) < 4.78 is 0. The molecule has 0 radical (unpaired) electrons. The van der Waals surface area contributed by atoms with Gasteiger partial charge in [0.05, 0.1) is 6.10 Å². The van der Waals surface area contributed by atoms with Gasteiger partial charge in [0.25, 0.3) is 0 Å². The number of allylic oxidation sites excluding steroid dienone is 1. The van der Waals surface area contributed by atoms with Gasteiger partial charge < -0.3 is 10.2 Å². The minimum atomic E-state index is -0.914. The normalized spacial score (nSPS) is 13.9. The van der Waals surface area contributed by atoms with Crippen LogP contribution in [-0.2, 0) is 4.79 Å². The summed E-state index contributed by atoms with van der Waals surface area (Å²) >= 11 is 4.87. The molecular formula is C9H14O3S. The van der Waals surface area contributed by atoms with Gasteiger partial charge in [0.1, 0.15) is 0 Å². The lowest BCUT2D eigenvalue weighted by atomic mass is 10.1. The van der Waals surface area contributed by atoms with E-state index in [9.17, 15) is 4.79 Å². The smallest absolute Gasteiger partial charge is 0.330 e. The van der Waals surface area contributed by atoms with Crippen molar-refractivity contribution in [3.8, 4) is 0 Å². The van der Waals surface area contributed by atoms with Crippen LogP contribution in [0.15, 0.2) is 11.6 Å². The van der Waals surface area contributed by atoms with Crippen LogP contribution in [0.2, 0.25) is 0 Å². The predicted molar refractivity (Wildman–Crippen MR) is 54.9 cm³/mol. The van der Waals surface area contributed by atoms with Gasteiger partial charge in [-0.3, -0.25) is 0 Å². The van der Waals surface area contributed by atoms with Crippen molar-refractivity contribution in [2.24, 2.45) is 0 Å². The number of carboxylic acids is 1. The number of carbonyl (C=O) groups is 1. The van der Waals surface area contributed by atoms with Gasteiger partial charge >= 0.3 is 5.97 Å². The van der Waals surface area contributed by atoms with Crippen molar-refractivity contribution in [1.82, 2.24) is 0 Å². The van der Waals surface area contributed by atoms with Gasteiger partial charge in [-0.2, -0.15) is 0 Å². The van der Waals surface area contributed by atoms with Gasteiger partial charge in [0.15, 0.2) is 0 Å². The molecule has 0 fully saturated rings. The first-order valence-electron chi connectivity index (χ1n) is 4.06. The summed E-state index contributed by atoms with van der Waals surface area (Å²) in [6.45, 7) is 3.14. The summed E-state index contributed by atoms with van der Waals surface area (Å²) in [7, 11) is 0. The molecule has 0 heterocycles. The quantitative estimate of drug-likeness (QED) is 0.524. The van der Waals surface area contributed by atoms with Crippen LogP contribution in [0.3, 0.4) is 0 Å². The maximum Gasteiger partial charge on any atom is 0.330 e. The highest BCUT2D eigenvalue weighted by Gasteiger charge is 2.03. The SMILES string of the molecule is CC(=CCCC(=S)C(C)O)C(=O)O. The minimum absolute atomic E-state index is 0.313. The van der Waals surface area contributed by atoms with E-state index in [1.54, 1.807) is 13.0 Å². The molecule has 0 rings (SSSR count). The molecule has 13 heavy (non-hydrogen) atoms. The Morgan fingerprint density at radius 1 is 1.62 bits per heavy atom. The average Bonchev–Trinajstić information content (AvgIpc) is 2.03. The maximum absolute atomic E-state index is 10.4. The van der Waals surface area contributed by atoms with Crippen molar-refractivity contribution in [3.05, 3.63) is 11.6 Å². The van der Waals surface area contributed by atoms with Gasteiger partial charge in [0, 0.05) is 10.4 Å². The van der Waals surface area contributed by atoms with Gasteiger partial charge in [-0.1, -0.05) is 18.3 Å². The molecule has 0 aliphatic carbocycles. The number of aliphatic hydroxyl groups is 1. The van der Waals surface area contributed by atoms with E-state index in [-0.39, 0.29) is 0 Å². The first-order valence-corrected chi connectivity index (χ1v) is 4.46. The first kappa shape index (κ1) is 12.3. The molecule has 0 bridgehead atoms. The molecule has 4 heteroatoms. The van der Waals surface area contributed by atoms with E-state index in [1.165, 1.54) is 6.92 Å². The Balaban J connectivity index is 3.86. The standard InChI is InChI=1S/C9H14O3S/c1-6(9(11)12)4-3-5-8(13)7(2)10/h4,7,10H,3,5H2,1-2H3,(H,11,12). The van der Waals surface area contributed by atoms with Gasteiger partial charge in [0.2, 0.25) is 0 Å². The highest BCUT2D eigenvalue weighted by Crippen LogP contribution is 2.02. The fourth-order valence-electron chi connectivity index (χ4n) is 0.727. The van der Waals surface area contributed by atoms with Crippen molar-refractivity contribution in [1.29, 1.82) is 0 Å². The summed E-state index contributed by atoms with van der Waals surface area (Å²) in [6, 6.07) is 0. The molecule has 0 aromatic carbocycles. The topological polar surface area (TPSA) is 57.5 Å². The van der Waals surface area contributed by atoms with Crippen molar-refractivity contribution >= 4 is 23.1 Å². The molecule has 0 aromatic rings. The van der Waals surface area contributed by atoms with Crippen LogP contribution in [0.25, 0.3) is 0 Å². The highest BCUT2D eigenvalue weighted by atomic mass is 32.1. The second-order valence-electron chi connectivity index (χ2n) is 2.87. The molecule has 0 aliphatic rings. The van der Waals surface area contributed by atoms with E-state index in [2.05, 4.69) is 0 Å². The van der Waals surface area contributed by atoms with E-state index in [0.717, 1.165) is 0 Å². The Morgan fingerprint density at radius 2 is 2.15 bits per heavy atom. The molecule has 0 aliphatic heterocycles. The lowest BCUT2D eigenvalue weighted by Crippen LogP contribution is -2.12. The van der Waals surface area contributed by atoms with Crippen LogP contribution in [-0.4, -0.2) is 27.2 Å². The third-order valence-electron chi connectivity index (χ3n) is 1.64. The van der Waals surface area contributed by atoms with Gasteiger partial charge in [-0.15, -0.1) is 0 Å². The van der Waals surface area contributed by atoms with Crippen molar-refractivity contribution < 1.29 is 15.0 Å². The van der Waals surface area contributed by atoms with Crippen molar-refractivity contribution in [2.45, 2.75) is 32.8 Å². The number of hydrogen-bond donors (Lipinski definition) is 2. The van der Waals surface area contributed by atoms with E-state index < -0.39 is 12.1 Å². The average molecular weight is 202 g/mol. The molecule has 0 aromatic heterocycles. The summed E-state index contributed by atoms with van der Waals surface area (Å²) in [6.07, 6.45) is 2.14. The predicted octanol–water partition coefficient (Wildman–Crippen LogP) is 1.55. The number of carboxylic acid groups (broad SMARTS) is 1. The molecule has 1 unspecified atom stereocenters. The van der Waals surface area contributed by atoms with Gasteiger partial charge in [-0.05, 0) is 26.7 Å². The Hall–Kier alpha value is -0.740. The monoisotopic (exact) mass is 202 g/mol. The number of rotatable bonds is 5. The summed E-state index contributed by atoms with van der Waals surface area (Å²) in [5.41, 5.74) is 0.313. The van der Waals surface area contributed by atoms with Crippen molar-refractivity contribution in [3.63, 3.8) is 0 Å². The lowest BCUT2D eigenvalue weighted by Gasteiger charge is -2.03. The Kier molecular flexibility index (Phi) is 5.50. The van der Waals surface area contributed by atoms with Crippen molar-refractivity contribution in [2.75, 3.05) is 0 Å². The van der Waals surface area contributed by atoms with E-state index in [0.29, 0.717) is 23.3 Å². The Labute approximate surface area is 83.1 Å². The van der Waals surface area contributed by atoms with Crippen LogP contribution in [0.4, 0.5) is 0 Å².